The van der Waals surface area contributed by atoms with E-state index in [-0.39, 0.29) is 5.82 Å². The Balaban J connectivity index is 2.07. The molecule has 0 aliphatic carbocycles. The molecule has 0 spiro atoms. The molecule has 0 saturated heterocycles. The van der Waals surface area contributed by atoms with Crippen molar-refractivity contribution < 1.29 is 4.39 Å². The van der Waals surface area contributed by atoms with Crippen molar-refractivity contribution in [3.63, 3.8) is 0 Å². The largest absolute Gasteiger partial charge is 0.383 e. The number of halogens is 1. The van der Waals surface area contributed by atoms with Crippen LogP contribution in [0.5, 0.6) is 0 Å². The number of nitrogens with one attached hydrogen (secondary N) is 1. The molecule has 0 radical (unpaired) electrons. The Kier molecular flexibility index (Phi) is 2.79. The molecule has 3 aromatic rings. The highest BCUT2D eigenvalue weighted by Gasteiger charge is 2.14. The Morgan fingerprint density at radius 1 is 1.26 bits per heavy atom. The van der Waals surface area contributed by atoms with Crippen LogP contribution < -0.4 is 5.73 Å². The number of benzene rings is 1. The fourth-order valence-electron chi connectivity index (χ4n) is 1.85. The van der Waals surface area contributed by atoms with Gasteiger partial charge in [-0.25, -0.2) is 9.37 Å². The Morgan fingerprint density at radius 2 is 2.00 bits per heavy atom. The van der Waals surface area contributed by atoms with Crippen molar-refractivity contribution in [2.24, 2.45) is 0 Å². The SMILES string of the molecule is Cc1sc(-c2cn[nH]c2N)nc1-c1ccc(F)cc1. The first kappa shape index (κ1) is 11.9. The fourth-order valence-corrected chi connectivity index (χ4v) is 2.81. The molecule has 0 unspecified atom stereocenters. The Hall–Kier alpha value is -2.21. The van der Waals surface area contributed by atoms with E-state index in [2.05, 4.69) is 15.2 Å². The van der Waals surface area contributed by atoms with Crippen LogP contribution in [0.4, 0.5) is 10.2 Å². The number of hydrogen-bond acceptors (Lipinski definition) is 4. The third-order valence-electron chi connectivity index (χ3n) is 2.81. The smallest absolute Gasteiger partial charge is 0.129 e. The number of hydrogen-bond donors (Lipinski definition) is 2. The number of rotatable bonds is 2. The van der Waals surface area contributed by atoms with Gasteiger partial charge < -0.3 is 5.73 Å². The van der Waals surface area contributed by atoms with Gasteiger partial charge in [-0.15, -0.1) is 11.3 Å². The van der Waals surface area contributed by atoms with E-state index in [9.17, 15) is 4.39 Å². The van der Waals surface area contributed by atoms with E-state index in [0.29, 0.717) is 5.82 Å². The fraction of sp³-hybridized carbons (Fsp3) is 0.0769. The van der Waals surface area contributed by atoms with Crippen LogP contribution in [0.3, 0.4) is 0 Å². The topological polar surface area (TPSA) is 67.6 Å². The Morgan fingerprint density at radius 3 is 2.63 bits per heavy atom. The number of aryl methyl sites for hydroxylation is 1. The van der Waals surface area contributed by atoms with E-state index in [1.807, 2.05) is 6.92 Å². The van der Waals surface area contributed by atoms with Crippen LogP contribution in [0, 0.1) is 12.7 Å². The van der Waals surface area contributed by atoms with E-state index in [4.69, 9.17) is 5.73 Å². The summed E-state index contributed by atoms with van der Waals surface area (Å²) in [6, 6.07) is 6.31. The van der Waals surface area contributed by atoms with E-state index in [1.165, 1.54) is 12.1 Å². The Labute approximate surface area is 113 Å². The van der Waals surface area contributed by atoms with E-state index in [0.717, 1.165) is 26.7 Å². The summed E-state index contributed by atoms with van der Waals surface area (Å²) >= 11 is 1.54. The Bertz CT molecular complexity index is 715. The number of aromatic nitrogens is 3. The summed E-state index contributed by atoms with van der Waals surface area (Å²) in [4.78, 5) is 5.63. The van der Waals surface area contributed by atoms with Crippen molar-refractivity contribution in [3.8, 4) is 21.8 Å². The molecule has 0 aliphatic rings. The number of nitrogens with two attached hydrogens (primary N) is 1. The lowest BCUT2D eigenvalue weighted by atomic mass is 10.1. The molecule has 3 N–H and O–H groups in total. The van der Waals surface area contributed by atoms with Gasteiger partial charge >= 0.3 is 0 Å². The van der Waals surface area contributed by atoms with Gasteiger partial charge in [-0.3, -0.25) is 5.10 Å². The number of anilines is 1. The molecule has 0 saturated carbocycles. The second kappa shape index (κ2) is 4.47. The second-order valence-electron chi connectivity index (χ2n) is 4.13. The molecule has 0 fully saturated rings. The number of H-pyrrole nitrogens is 1. The summed E-state index contributed by atoms with van der Waals surface area (Å²) in [7, 11) is 0. The monoisotopic (exact) mass is 274 g/mol. The van der Waals surface area contributed by atoms with Crippen molar-refractivity contribution in [3.05, 3.63) is 41.2 Å². The third-order valence-corrected chi connectivity index (χ3v) is 3.82. The number of nitrogen functional groups attached to an aromatic ring is 1. The minimum absolute atomic E-state index is 0.254. The van der Waals surface area contributed by atoms with E-state index >= 15 is 0 Å². The number of aromatic amines is 1. The molecule has 19 heavy (non-hydrogen) atoms. The standard InChI is InChI=1S/C13H11FN4S/c1-7-11(8-2-4-9(14)5-3-8)17-13(19-7)10-6-16-18-12(10)15/h2-6H,1H3,(H3,15,16,18). The average Bonchev–Trinajstić information content (AvgIpc) is 2.96. The molecule has 4 nitrogen and oxygen atoms in total. The van der Waals surface area contributed by atoms with Gasteiger partial charge in [0.05, 0.1) is 17.5 Å². The number of thiazole rings is 1. The molecule has 2 aromatic heterocycles. The maximum atomic E-state index is 12.9. The maximum Gasteiger partial charge on any atom is 0.129 e. The van der Waals surface area contributed by atoms with Gasteiger partial charge in [0.15, 0.2) is 0 Å². The van der Waals surface area contributed by atoms with Gasteiger partial charge in [0.2, 0.25) is 0 Å². The van der Waals surface area contributed by atoms with Crippen LogP contribution in [0.25, 0.3) is 21.8 Å². The summed E-state index contributed by atoms with van der Waals surface area (Å²) in [5.41, 5.74) is 8.32. The second-order valence-corrected chi connectivity index (χ2v) is 5.33. The minimum Gasteiger partial charge on any atom is -0.383 e. The molecule has 3 rings (SSSR count). The molecule has 1 aromatic carbocycles. The van der Waals surface area contributed by atoms with Gasteiger partial charge in [-0.2, -0.15) is 5.10 Å². The maximum absolute atomic E-state index is 12.9. The van der Waals surface area contributed by atoms with Crippen LogP contribution >= 0.6 is 11.3 Å². The van der Waals surface area contributed by atoms with Crippen molar-refractivity contribution in [1.29, 1.82) is 0 Å². The summed E-state index contributed by atoms with van der Waals surface area (Å²) in [5.74, 6) is 0.246. The van der Waals surface area contributed by atoms with Gasteiger partial charge in [-0.05, 0) is 31.2 Å². The minimum atomic E-state index is -0.254. The quantitative estimate of drug-likeness (QED) is 0.754. The molecular formula is C13H11FN4S. The highest BCUT2D eigenvalue weighted by atomic mass is 32.1. The van der Waals surface area contributed by atoms with Gasteiger partial charge in [0.25, 0.3) is 0 Å². The predicted octanol–water partition coefficient (Wildman–Crippen LogP) is 3.23. The van der Waals surface area contributed by atoms with Gasteiger partial charge in [-0.1, -0.05) is 0 Å². The first-order valence-electron chi connectivity index (χ1n) is 5.67. The van der Waals surface area contributed by atoms with Crippen LogP contribution in [-0.2, 0) is 0 Å². The van der Waals surface area contributed by atoms with Crippen LogP contribution in [0.2, 0.25) is 0 Å². The molecular weight excluding hydrogens is 263 g/mol. The van der Waals surface area contributed by atoms with Crippen LogP contribution in [0.1, 0.15) is 4.88 Å². The summed E-state index contributed by atoms with van der Waals surface area (Å²) in [5, 5.41) is 7.38. The summed E-state index contributed by atoms with van der Waals surface area (Å²) in [6.07, 6.45) is 1.65. The highest BCUT2D eigenvalue weighted by Crippen LogP contribution is 2.34. The molecule has 0 aliphatic heterocycles. The first-order chi connectivity index (χ1) is 9.15. The average molecular weight is 274 g/mol. The lowest BCUT2D eigenvalue weighted by Gasteiger charge is -1.97. The van der Waals surface area contributed by atoms with E-state index in [1.54, 1.807) is 29.7 Å². The summed E-state index contributed by atoms with van der Waals surface area (Å²) < 4.78 is 12.9. The van der Waals surface area contributed by atoms with Crippen molar-refractivity contribution in [1.82, 2.24) is 15.2 Å². The highest BCUT2D eigenvalue weighted by molar-refractivity contribution is 7.15. The third kappa shape index (κ3) is 2.10. The van der Waals surface area contributed by atoms with Crippen molar-refractivity contribution >= 4 is 17.2 Å². The van der Waals surface area contributed by atoms with Crippen LogP contribution in [0.15, 0.2) is 30.5 Å². The normalized spacial score (nSPS) is 10.8. The zero-order valence-corrected chi connectivity index (χ0v) is 11.0. The zero-order valence-electron chi connectivity index (χ0n) is 10.1. The van der Waals surface area contributed by atoms with Crippen molar-refractivity contribution in [2.45, 2.75) is 6.92 Å². The first-order valence-corrected chi connectivity index (χ1v) is 6.49. The molecule has 0 atom stereocenters. The van der Waals surface area contributed by atoms with Crippen LogP contribution in [-0.4, -0.2) is 15.2 Å². The number of nitrogens with zero attached hydrogens (tertiary/aromatic N) is 2. The lowest BCUT2D eigenvalue weighted by Crippen LogP contribution is -1.87. The molecule has 96 valence electrons. The molecule has 0 bridgehead atoms. The molecule has 6 heteroatoms. The van der Waals surface area contributed by atoms with Crippen molar-refractivity contribution in [2.75, 3.05) is 5.73 Å². The van der Waals surface area contributed by atoms with Gasteiger partial charge in [0.1, 0.15) is 16.6 Å². The summed E-state index contributed by atoms with van der Waals surface area (Å²) in [6.45, 7) is 1.98. The van der Waals surface area contributed by atoms with Gasteiger partial charge in [0, 0.05) is 10.4 Å². The van der Waals surface area contributed by atoms with E-state index < -0.39 is 0 Å². The predicted molar refractivity (Wildman–Crippen MR) is 74.2 cm³/mol. The molecule has 2 heterocycles. The molecule has 0 amide bonds. The zero-order chi connectivity index (χ0) is 13.4. The lowest BCUT2D eigenvalue weighted by molar-refractivity contribution is 0.628.